The van der Waals surface area contributed by atoms with Gasteiger partial charge in [0, 0.05) is 51.3 Å². The van der Waals surface area contributed by atoms with Gasteiger partial charge in [-0.1, -0.05) is 6.58 Å². The molecule has 1 aliphatic heterocycles. The van der Waals surface area contributed by atoms with Crippen LogP contribution < -0.4 is 15.0 Å². The average molecular weight is 497 g/mol. The van der Waals surface area contributed by atoms with E-state index < -0.39 is 0 Å². The van der Waals surface area contributed by atoms with E-state index in [1.54, 1.807) is 32.6 Å². The molecule has 1 saturated carbocycles. The Hall–Kier alpha value is -3.24. The first kappa shape index (κ1) is 25.8. The minimum Gasteiger partial charge on any atom is -0.488 e. The number of fused-ring (bicyclic) bond motifs is 1. The van der Waals surface area contributed by atoms with Crippen molar-refractivity contribution < 1.29 is 18.9 Å². The van der Waals surface area contributed by atoms with Crippen molar-refractivity contribution in [3.63, 3.8) is 0 Å². The maximum Gasteiger partial charge on any atom is 0.225 e. The first-order valence-corrected chi connectivity index (χ1v) is 12.5. The summed E-state index contributed by atoms with van der Waals surface area (Å²) in [6.07, 6.45) is 8.70. The second-order valence-electron chi connectivity index (χ2n) is 8.79. The van der Waals surface area contributed by atoms with Crippen molar-refractivity contribution in [1.82, 2.24) is 15.3 Å². The standard InChI is InChI=1S/C26H36N6O4/c1-4-27-26(30-19(2)35-16-15-33-3)31-20-5-7-22(8-6-20)36-24-18-21(32-11-13-34-14-12-32)17-23-25(24)29-10-9-28-23/h4,9-10,17-18,20,22H,1,5-8,11-16H2,2-3H3,(H,27,31). The lowest BCUT2D eigenvalue weighted by Gasteiger charge is -2.30. The first-order valence-electron chi connectivity index (χ1n) is 12.5. The predicted molar refractivity (Wildman–Crippen MR) is 141 cm³/mol. The molecule has 4 rings (SSSR count). The highest BCUT2D eigenvalue weighted by Crippen LogP contribution is 2.33. The smallest absolute Gasteiger partial charge is 0.225 e. The number of anilines is 1. The Morgan fingerprint density at radius 1 is 1.17 bits per heavy atom. The van der Waals surface area contributed by atoms with E-state index in [1.807, 2.05) is 0 Å². The Labute approximate surface area is 212 Å². The molecular weight excluding hydrogens is 460 g/mol. The normalized spacial score (nSPS) is 21.3. The molecule has 1 saturated heterocycles. The fourth-order valence-corrected chi connectivity index (χ4v) is 4.41. The zero-order chi connectivity index (χ0) is 25.2. The highest BCUT2D eigenvalue weighted by molar-refractivity contribution is 5.92. The summed E-state index contributed by atoms with van der Waals surface area (Å²) in [5, 5.41) is 3.01. The number of nitrogens with zero attached hydrogens (tertiary/aromatic N) is 5. The molecule has 0 unspecified atom stereocenters. The van der Waals surface area contributed by atoms with E-state index >= 15 is 0 Å². The Kier molecular flexibility index (Phi) is 9.46. The number of guanidine groups is 1. The van der Waals surface area contributed by atoms with Crippen LogP contribution in [0.3, 0.4) is 0 Å². The summed E-state index contributed by atoms with van der Waals surface area (Å²) < 4.78 is 22.6. The second-order valence-corrected chi connectivity index (χ2v) is 8.79. The van der Waals surface area contributed by atoms with Gasteiger partial charge < -0.3 is 29.2 Å². The van der Waals surface area contributed by atoms with Gasteiger partial charge in [0.15, 0.2) is 5.90 Å². The third-order valence-electron chi connectivity index (χ3n) is 6.23. The average Bonchev–Trinajstić information content (AvgIpc) is 2.90. The Balaban J connectivity index is 1.41. The number of methoxy groups -OCH3 is 1. The van der Waals surface area contributed by atoms with Gasteiger partial charge in [0.25, 0.3) is 0 Å². The van der Waals surface area contributed by atoms with Gasteiger partial charge in [-0.15, -0.1) is 0 Å². The van der Waals surface area contributed by atoms with Crippen LogP contribution in [0.4, 0.5) is 5.69 Å². The van der Waals surface area contributed by atoms with E-state index in [0.29, 0.717) is 25.1 Å². The summed E-state index contributed by atoms with van der Waals surface area (Å²) >= 11 is 0. The van der Waals surface area contributed by atoms with E-state index in [1.165, 1.54) is 0 Å². The summed E-state index contributed by atoms with van der Waals surface area (Å²) in [7, 11) is 1.64. The van der Waals surface area contributed by atoms with Crippen LogP contribution in [-0.4, -0.2) is 80.6 Å². The fourth-order valence-electron chi connectivity index (χ4n) is 4.41. The molecule has 0 amide bonds. The molecule has 0 spiro atoms. The van der Waals surface area contributed by atoms with Crippen molar-refractivity contribution in [2.24, 2.45) is 9.98 Å². The Morgan fingerprint density at radius 3 is 2.69 bits per heavy atom. The molecule has 0 bridgehead atoms. The Bertz CT molecular complexity index is 1060. The molecule has 2 fully saturated rings. The van der Waals surface area contributed by atoms with E-state index in [4.69, 9.17) is 23.9 Å². The number of rotatable bonds is 8. The fraction of sp³-hybridized carbons (Fsp3) is 0.538. The van der Waals surface area contributed by atoms with Crippen LogP contribution in [0.2, 0.25) is 0 Å². The minimum atomic E-state index is 0.0972. The van der Waals surface area contributed by atoms with E-state index in [0.717, 1.165) is 74.5 Å². The van der Waals surface area contributed by atoms with Crippen LogP contribution in [0.5, 0.6) is 5.75 Å². The van der Waals surface area contributed by atoms with Gasteiger partial charge in [-0.2, -0.15) is 4.99 Å². The lowest BCUT2D eigenvalue weighted by molar-refractivity contribution is 0.122. The van der Waals surface area contributed by atoms with Gasteiger partial charge in [0.2, 0.25) is 5.96 Å². The lowest BCUT2D eigenvalue weighted by atomic mass is 9.93. The van der Waals surface area contributed by atoms with Crippen molar-refractivity contribution in [3.8, 4) is 5.75 Å². The molecule has 1 aromatic carbocycles. The summed E-state index contributed by atoms with van der Waals surface area (Å²) in [5.41, 5.74) is 2.74. The Morgan fingerprint density at radius 2 is 1.94 bits per heavy atom. The zero-order valence-corrected chi connectivity index (χ0v) is 21.2. The molecule has 10 heteroatoms. The molecule has 1 N–H and O–H groups in total. The molecule has 1 aliphatic carbocycles. The molecule has 36 heavy (non-hydrogen) atoms. The third kappa shape index (κ3) is 7.14. The number of aromatic nitrogens is 2. The van der Waals surface area contributed by atoms with Crippen molar-refractivity contribution >= 4 is 28.6 Å². The van der Waals surface area contributed by atoms with Gasteiger partial charge >= 0.3 is 0 Å². The van der Waals surface area contributed by atoms with Gasteiger partial charge in [-0.25, -0.2) is 9.98 Å². The van der Waals surface area contributed by atoms with Crippen LogP contribution in [0.15, 0.2) is 47.3 Å². The summed E-state index contributed by atoms with van der Waals surface area (Å²) in [6.45, 7) is 9.66. The lowest BCUT2D eigenvalue weighted by Crippen LogP contribution is -2.36. The van der Waals surface area contributed by atoms with Crippen molar-refractivity contribution in [2.75, 3.05) is 51.5 Å². The van der Waals surface area contributed by atoms with Gasteiger partial charge in [0.05, 0.1) is 37.5 Å². The zero-order valence-electron chi connectivity index (χ0n) is 21.2. The molecule has 2 heterocycles. The van der Waals surface area contributed by atoms with E-state index in [-0.39, 0.29) is 12.1 Å². The molecule has 2 aliphatic rings. The quantitative estimate of drug-likeness (QED) is 0.337. The van der Waals surface area contributed by atoms with Crippen LogP contribution in [0, 0.1) is 0 Å². The van der Waals surface area contributed by atoms with E-state index in [9.17, 15) is 0 Å². The van der Waals surface area contributed by atoms with Gasteiger partial charge in [0.1, 0.15) is 17.9 Å². The second kappa shape index (κ2) is 13.2. The number of hydrogen-bond donors (Lipinski definition) is 1. The number of nitrogens with one attached hydrogen (secondary N) is 1. The molecule has 1 aromatic heterocycles. The summed E-state index contributed by atoms with van der Waals surface area (Å²) in [6, 6.07) is 4.33. The molecule has 194 valence electrons. The van der Waals surface area contributed by atoms with Crippen LogP contribution in [0.25, 0.3) is 11.0 Å². The molecule has 0 radical (unpaired) electrons. The molecule has 10 nitrogen and oxygen atoms in total. The number of ether oxygens (including phenoxy) is 4. The third-order valence-corrected chi connectivity index (χ3v) is 6.23. The summed E-state index contributed by atoms with van der Waals surface area (Å²) in [4.78, 5) is 20.7. The minimum absolute atomic E-state index is 0.0972. The largest absolute Gasteiger partial charge is 0.488 e. The number of morpholine rings is 1. The molecule has 2 aromatic rings. The monoisotopic (exact) mass is 496 g/mol. The topological polar surface area (TPSA) is 103 Å². The molecular formula is C26H36N6O4. The van der Waals surface area contributed by atoms with Crippen LogP contribution in [-0.2, 0) is 14.2 Å². The number of benzene rings is 1. The van der Waals surface area contributed by atoms with Gasteiger partial charge in [-0.05, 0) is 37.9 Å². The van der Waals surface area contributed by atoms with Gasteiger partial charge in [-0.3, -0.25) is 4.98 Å². The maximum atomic E-state index is 6.52. The van der Waals surface area contributed by atoms with Crippen molar-refractivity contribution in [3.05, 3.63) is 37.3 Å². The van der Waals surface area contributed by atoms with Crippen molar-refractivity contribution in [1.29, 1.82) is 0 Å². The number of hydrogen-bond acceptors (Lipinski definition) is 8. The first-order chi connectivity index (χ1) is 17.7. The van der Waals surface area contributed by atoms with Crippen LogP contribution >= 0.6 is 0 Å². The van der Waals surface area contributed by atoms with Crippen molar-refractivity contribution in [2.45, 2.75) is 44.8 Å². The predicted octanol–water partition coefficient (Wildman–Crippen LogP) is 3.33. The number of aliphatic imine (C=N–C) groups is 2. The summed E-state index contributed by atoms with van der Waals surface area (Å²) in [5.74, 6) is 1.82. The molecule has 0 atom stereocenters. The highest BCUT2D eigenvalue weighted by Gasteiger charge is 2.24. The van der Waals surface area contributed by atoms with E-state index in [2.05, 4.69) is 43.9 Å². The SMILES string of the molecule is C=CNC(=NC1CCC(Oc2cc(N3CCOCC3)cc3nccnc23)CC1)N=C(C)OCCOC. The maximum absolute atomic E-state index is 6.52. The van der Waals surface area contributed by atoms with Crippen LogP contribution in [0.1, 0.15) is 32.6 Å². The highest BCUT2D eigenvalue weighted by atomic mass is 16.5.